The van der Waals surface area contributed by atoms with Gasteiger partial charge in [0.2, 0.25) is 0 Å². The van der Waals surface area contributed by atoms with Crippen molar-refractivity contribution in [1.29, 1.82) is 0 Å². The second-order valence-corrected chi connectivity index (χ2v) is 6.17. The number of rotatable bonds is 10. The molecule has 2 nitrogen and oxygen atoms in total. The van der Waals surface area contributed by atoms with Gasteiger partial charge in [0.1, 0.15) is 0 Å². The lowest BCUT2D eigenvalue weighted by molar-refractivity contribution is 0.138. The quantitative estimate of drug-likeness (QED) is 0.665. The van der Waals surface area contributed by atoms with E-state index in [9.17, 15) is 0 Å². The SMILES string of the molecule is OCCCSCCCOCCc1ccc(Br)cc1. The summed E-state index contributed by atoms with van der Waals surface area (Å²) in [6.07, 6.45) is 2.97. The van der Waals surface area contributed by atoms with E-state index in [4.69, 9.17) is 9.84 Å². The number of thioether (sulfide) groups is 1. The normalized spacial score (nSPS) is 10.8. The molecular weight excluding hydrogens is 312 g/mol. The third-order valence-corrected chi connectivity index (χ3v) is 4.16. The molecule has 0 unspecified atom stereocenters. The zero-order valence-corrected chi connectivity index (χ0v) is 13.0. The molecule has 1 N–H and O–H groups in total. The van der Waals surface area contributed by atoms with Crippen molar-refractivity contribution in [3.8, 4) is 0 Å². The van der Waals surface area contributed by atoms with Crippen LogP contribution in [0.2, 0.25) is 0 Å². The maximum Gasteiger partial charge on any atom is 0.0506 e. The zero-order chi connectivity index (χ0) is 13.1. The van der Waals surface area contributed by atoms with Crippen molar-refractivity contribution >= 4 is 27.7 Å². The van der Waals surface area contributed by atoms with E-state index in [0.717, 1.165) is 48.5 Å². The second-order valence-electron chi connectivity index (χ2n) is 4.03. The Morgan fingerprint density at radius 3 is 2.50 bits per heavy atom. The smallest absolute Gasteiger partial charge is 0.0506 e. The number of aliphatic hydroxyl groups is 1. The molecule has 0 aliphatic carbocycles. The largest absolute Gasteiger partial charge is 0.396 e. The molecule has 1 aromatic rings. The molecular formula is C14H21BrO2S. The van der Waals surface area contributed by atoms with Crippen molar-refractivity contribution in [2.45, 2.75) is 19.3 Å². The van der Waals surface area contributed by atoms with Gasteiger partial charge in [-0.25, -0.2) is 0 Å². The second kappa shape index (κ2) is 10.9. The van der Waals surface area contributed by atoms with Crippen molar-refractivity contribution in [3.63, 3.8) is 0 Å². The zero-order valence-electron chi connectivity index (χ0n) is 10.6. The first-order chi connectivity index (χ1) is 8.83. The molecule has 0 fully saturated rings. The van der Waals surface area contributed by atoms with Crippen molar-refractivity contribution in [2.75, 3.05) is 31.3 Å². The highest BCUT2D eigenvalue weighted by molar-refractivity contribution is 9.10. The standard InChI is InChI=1S/C14H21BrO2S/c15-14-5-3-13(4-6-14)7-10-17-9-2-12-18-11-1-8-16/h3-6,16H,1-2,7-12H2. The van der Waals surface area contributed by atoms with Crippen LogP contribution < -0.4 is 0 Å². The number of ether oxygens (including phenoxy) is 1. The van der Waals surface area contributed by atoms with Gasteiger partial charge in [0.15, 0.2) is 0 Å². The molecule has 18 heavy (non-hydrogen) atoms. The average Bonchev–Trinajstić information content (AvgIpc) is 2.39. The van der Waals surface area contributed by atoms with Gasteiger partial charge in [0.05, 0.1) is 6.61 Å². The highest BCUT2D eigenvalue weighted by Crippen LogP contribution is 2.11. The maximum absolute atomic E-state index is 8.62. The Hall–Kier alpha value is -0.0300. The van der Waals surface area contributed by atoms with Gasteiger partial charge < -0.3 is 9.84 Å². The van der Waals surface area contributed by atoms with Gasteiger partial charge in [-0.1, -0.05) is 28.1 Å². The fourth-order valence-corrected chi connectivity index (χ4v) is 2.60. The maximum atomic E-state index is 8.62. The lowest BCUT2D eigenvalue weighted by Crippen LogP contribution is -2.01. The predicted molar refractivity (Wildman–Crippen MR) is 82.3 cm³/mol. The Kier molecular flexibility index (Phi) is 9.66. The van der Waals surface area contributed by atoms with Crippen LogP contribution in [0.1, 0.15) is 18.4 Å². The molecule has 0 spiro atoms. The fraction of sp³-hybridized carbons (Fsp3) is 0.571. The highest BCUT2D eigenvalue weighted by atomic mass is 79.9. The molecule has 0 saturated heterocycles. The van der Waals surface area contributed by atoms with Crippen LogP contribution in [0.4, 0.5) is 0 Å². The van der Waals surface area contributed by atoms with Crippen LogP contribution in [0.5, 0.6) is 0 Å². The minimum Gasteiger partial charge on any atom is -0.396 e. The van der Waals surface area contributed by atoms with Crippen molar-refractivity contribution in [1.82, 2.24) is 0 Å². The fourth-order valence-electron chi connectivity index (χ4n) is 1.47. The Bertz CT molecular complexity index is 303. The minimum absolute atomic E-state index is 0.302. The molecule has 0 radical (unpaired) electrons. The summed E-state index contributed by atoms with van der Waals surface area (Å²) in [5.74, 6) is 2.17. The van der Waals surface area contributed by atoms with E-state index in [1.165, 1.54) is 5.56 Å². The van der Waals surface area contributed by atoms with E-state index < -0.39 is 0 Å². The van der Waals surface area contributed by atoms with Gasteiger partial charge in [-0.05, 0) is 48.5 Å². The van der Waals surface area contributed by atoms with Gasteiger partial charge in [-0.3, -0.25) is 0 Å². The third-order valence-electron chi connectivity index (χ3n) is 2.47. The lowest BCUT2D eigenvalue weighted by atomic mass is 10.2. The first-order valence-corrected chi connectivity index (χ1v) is 8.28. The molecule has 4 heteroatoms. The first kappa shape index (κ1) is 16.0. The first-order valence-electron chi connectivity index (χ1n) is 6.33. The van der Waals surface area contributed by atoms with Crippen molar-refractivity contribution < 1.29 is 9.84 Å². The molecule has 1 aromatic carbocycles. The number of aliphatic hydroxyl groups excluding tert-OH is 1. The van der Waals surface area contributed by atoms with E-state index in [1.54, 1.807) is 0 Å². The van der Waals surface area contributed by atoms with Crippen LogP contribution in [0.3, 0.4) is 0 Å². The van der Waals surface area contributed by atoms with E-state index in [0.29, 0.717) is 6.61 Å². The molecule has 1 rings (SSSR count). The molecule has 0 atom stereocenters. The summed E-state index contributed by atoms with van der Waals surface area (Å²) < 4.78 is 6.72. The number of benzene rings is 1. The summed E-state index contributed by atoms with van der Waals surface area (Å²) in [5.41, 5.74) is 1.32. The Morgan fingerprint density at radius 2 is 1.78 bits per heavy atom. The predicted octanol–water partition coefficient (Wildman–Crippen LogP) is 3.51. The molecule has 0 aliphatic rings. The van der Waals surface area contributed by atoms with Gasteiger partial charge >= 0.3 is 0 Å². The Labute approximate surface area is 122 Å². The molecule has 0 amide bonds. The van der Waals surface area contributed by atoms with Gasteiger partial charge in [0.25, 0.3) is 0 Å². The topological polar surface area (TPSA) is 29.5 Å². The summed E-state index contributed by atoms with van der Waals surface area (Å²) in [4.78, 5) is 0. The van der Waals surface area contributed by atoms with Crippen LogP contribution in [-0.4, -0.2) is 36.4 Å². The minimum atomic E-state index is 0.302. The Balaban J connectivity index is 1.91. The lowest BCUT2D eigenvalue weighted by Gasteiger charge is -2.04. The molecule has 0 heterocycles. The summed E-state index contributed by atoms with van der Waals surface area (Å²) in [5, 5.41) is 8.62. The summed E-state index contributed by atoms with van der Waals surface area (Å²) in [6, 6.07) is 8.37. The van der Waals surface area contributed by atoms with Gasteiger partial charge in [-0.2, -0.15) is 11.8 Å². The monoisotopic (exact) mass is 332 g/mol. The molecule has 102 valence electrons. The van der Waals surface area contributed by atoms with Gasteiger partial charge in [0, 0.05) is 17.7 Å². The molecule has 0 aromatic heterocycles. The number of halogens is 1. The molecule has 0 aliphatic heterocycles. The van der Waals surface area contributed by atoms with Crippen LogP contribution in [0, 0.1) is 0 Å². The number of hydrogen-bond donors (Lipinski definition) is 1. The Morgan fingerprint density at radius 1 is 1.06 bits per heavy atom. The molecule has 0 saturated carbocycles. The van der Waals surface area contributed by atoms with Gasteiger partial charge in [-0.15, -0.1) is 0 Å². The highest BCUT2D eigenvalue weighted by Gasteiger charge is 1.94. The van der Waals surface area contributed by atoms with E-state index in [1.807, 2.05) is 11.8 Å². The molecule has 0 bridgehead atoms. The summed E-state index contributed by atoms with van der Waals surface area (Å²) >= 11 is 5.31. The summed E-state index contributed by atoms with van der Waals surface area (Å²) in [7, 11) is 0. The van der Waals surface area contributed by atoms with Crippen LogP contribution >= 0.6 is 27.7 Å². The van der Waals surface area contributed by atoms with Crippen LogP contribution in [0.25, 0.3) is 0 Å². The third kappa shape index (κ3) is 8.14. The van der Waals surface area contributed by atoms with Crippen LogP contribution in [0.15, 0.2) is 28.7 Å². The van der Waals surface area contributed by atoms with E-state index in [-0.39, 0.29) is 0 Å². The van der Waals surface area contributed by atoms with Crippen molar-refractivity contribution in [3.05, 3.63) is 34.3 Å². The van der Waals surface area contributed by atoms with Crippen LogP contribution in [-0.2, 0) is 11.2 Å². The summed E-state index contributed by atoms with van der Waals surface area (Å²) in [6.45, 7) is 1.93. The van der Waals surface area contributed by atoms with E-state index >= 15 is 0 Å². The van der Waals surface area contributed by atoms with Crippen molar-refractivity contribution in [2.24, 2.45) is 0 Å². The van der Waals surface area contributed by atoms with E-state index in [2.05, 4.69) is 40.2 Å². The average molecular weight is 333 g/mol. The number of hydrogen-bond acceptors (Lipinski definition) is 3.